The fourth-order valence-electron chi connectivity index (χ4n) is 1.50. The molecule has 2 rings (SSSR count). The van der Waals surface area contributed by atoms with E-state index in [4.69, 9.17) is 4.42 Å². The van der Waals surface area contributed by atoms with E-state index in [9.17, 15) is 5.11 Å². The van der Waals surface area contributed by atoms with Crippen LogP contribution in [-0.4, -0.2) is 25.1 Å². The van der Waals surface area contributed by atoms with Crippen LogP contribution in [-0.2, 0) is 6.54 Å². The predicted molar refractivity (Wildman–Crippen MR) is 60.4 cm³/mol. The number of aromatic nitrogens is 4. The second-order valence-electron chi connectivity index (χ2n) is 4.01. The highest BCUT2D eigenvalue weighted by atomic mass is 16.4. The minimum Gasteiger partial charge on any atom is -0.444 e. The van der Waals surface area contributed by atoms with Gasteiger partial charge in [-0.25, -0.2) is 9.67 Å². The van der Waals surface area contributed by atoms with E-state index >= 15 is 0 Å². The largest absolute Gasteiger partial charge is 0.444 e. The molecule has 6 heteroatoms. The molecule has 0 bridgehead atoms. The highest BCUT2D eigenvalue weighted by Gasteiger charge is 2.11. The van der Waals surface area contributed by atoms with Crippen LogP contribution in [0.1, 0.15) is 42.5 Å². The van der Waals surface area contributed by atoms with Crippen molar-refractivity contribution < 1.29 is 9.52 Å². The van der Waals surface area contributed by atoms with E-state index < -0.39 is 6.10 Å². The lowest BCUT2D eigenvalue weighted by Crippen LogP contribution is -2.00. The summed E-state index contributed by atoms with van der Waals surface area (Å²) in [5.74, 6) is 1.41. The van der Waals surface area contributed by atoms with Gasteiger partial charge in [-0.1, -0.05) is 12.1 Å². The average Bonchev–Trinajstić information content (AvgIpc) is 2.87. The molecule has 1 N–H and O–H groups in total. The van der Waals surface area contributed by atoms with Crippen molar-refractivity contribution in [3.63, 3.8) is 0 Å². The Labute approximate surface area is 99.3 Å². The Kier molecular flexibility index (Phi) is 3.23. The molecule has 2 heterocycles. The molecular weight excluding hydrogens is 220 g/mol. The molecule has 0 saturated carbocycles. The fraction of sp³-hybridized carbons (Fsp3) is 0.545. The van der Waals surface area contributed by atoms with E-state index in [-0.39, 0.29) is 0 Å². The summed E-state index contributed by atoms with van der Waals surface area (Å²) in [5.41, 5.74) is 1.46. The predicted octanol–water partition coefficient (Wildman–Crippen LogP) is 1.37. The zero-order chi connectivity index (χ0) is 12.4. The van der Waals surface area contributed by atoms with Crippen molar-refractivity contribution in [3.8, 4) is 0 Å². The van der Waals surface area contributed by atoms with Crippen LogP contribution < -0.4 is 0 Å². The Morgan fingerprint density at radius 1 is 1.47 bits per heavy atom. The molecule has 0 fully saturated rings. The first-order valence-corrected chi connectivity index (χ1v) is 5.61. The third kappa shape index (κ3) is 2.52. The van der Waals surface area contributed by atoms with Crippen LogP contribution in [0.4, 0.5) is 0 Å². The van der Waals surface area contributed by atoms with Crippen molar-refractivity contribution in [2.24, 2.45) is 0 Å². The Morgan fingerprint density at radius 3 is 2.82 bits per heavy atom. The van der Waals surface area contributed by atoms with Crippen LogP contribution in [0, 0.1) is 13.8 Å². The quantitative estimate of drug-likeness (QED) is 0.867. The SMILES string of the molecule is CCC(O)c1cn(Cc2nc(C)c(C)o2)nn1. The maximum atomic E-state index is 9.60. The normalized spacial score (nSPS) is 12.9. The van der Waals surface area contributed by atoms with Gasteiger partial charge in [0.15, 0.2) is 0 Å². The summed E-state index contributed by atoms with van der Waals surface area (Å²) in [6, 6.07) is 0. The second-order valence-corrected chi connectivity index (χ2v) is 4.01. The second kappa shape index (κ2) is 4.67. The van der Waals surface area contributed by atoms with Gasteiger partial charge in [0.05, 0.1) is 18.0 Å². The van der Waals surface area contributed by atoms with Crippen LogP contribution >= 0.6 is 0 Å². The topological polar surface area (TPSA) is 77.0 Å². The first-order valence-electron chi connectivity index (χ1n) is 5.61. The fourth-order valence-corrected chi connectivity index (χ4v) is 1.50. The lowest BCUT2D eigenvalue weighted by atomic mass is 10.2. The molecule has 0 aromatic carbocycles. The molecule has 17 heavy (non-hydrogen) atoms. The lowest BCUT2D eigenvalue weighted by molar-refractivity contribution is 0.168. The summed E-state index contributed by atoms with van der Waals surface area (Å²) in [7, 11) is 0. The summed E-state index contributed by atoms with van der Waals surface area (Å²) in [6.07, 6.45) is 1.77. The molecule has 6 nitrogen and oxygen atoms in total. The number of hydrogen-bond acceptors (Lipinski definition) is 5. The van der Waals surface area contributed by atoms with E-state index in [0.29, 0.717) is 24.6 Å². The maximum Gasteiger partial charge on any atom is 0.216 e. The molecule has 0 saturated heterocycles. The number of aryl methyl sites for hydroxylation is 2. The maximum absolute atomic E-state index is 9.60. The van der Waals surface area contributed by atoms with E-state index in [1.165, 1.54) is 0 Å². The van der Waals surface area contributed by atoms with Crippen molar-refractivity contribution in [1.29, 1.82) is 0 Å². The first-order chi connectivity index (χ1) is 8.10. The molecule has 0 aliphatic heterocycles. The number of aliphatic hydroxyl groups excluding tert-OH is 1. The van der Waals surface area contributed by atoms with Crippen LogP contribution in [0.5, 0.6) is 0 Å². The van der Waals surface area contributed by atoms with E-state index in [2.05, 4.69) is 15.3 Å². The highest BCUT2D eigenvalue weighted by molar-refractivity contribution is 5.06. The number of hydrogen-bond donors (Lipinski definition) is 1. The van der Waals surface area contributed by atoms with Gasteiger partial charge in [0.1, 0.15) is 18.0 Å². The van der Waals surface area contributed by atoms with Gasteiger partial charge in [-0.15, -0.1) is 5.10 Å². The standard InChI is InChI=1S/C11H16N4O2/c1-4-10(16)9-5-15(14-13-9)6-11-12-7(2)8(3)17-11/h5,10,16H,4,6H2,1-3H3. The average molecular weight is 236 g/mol. The summed E-state index contributed by atoms with van der Waals surface area (Å²) in [6.45, 7) is 6.10. The van der Waals surface area contributed by atoms with Crippen LogP contribution in [0.15, 0.2) is 10.6 Å². The van der Waals surface area contributed by atoms with Gasteiger partial charge in [-0.2, -0.15) is 0 Å². The number of aliphatic hydroxyl groups is 1. The highest BCUT2D eigenvalue weighted by Crippen LogP contribution is 2.13. The molecule has 0 aliphatic rings. The van der Waals surface area contributed by atoms with Gasteiger partial charge < -0.3 is 9.52 Å². The molecule has 92 valence electrons. The molecule has 0 amide bonds. The van der Waals surface area contributed by atoms with Gasteiger partial charge in [-0.3, -0.25) is 0 Å². The summed E-state index contributed by atoms with van der Waals surface area (Å²) in [5, 5.41) is 17.4. The molecule has 2 aromatic heterocycles. The van der Waals surface area contributed by atoms with Crippen molar-refractivity contribution in [2.45, 2.75) is 39.8 Å². The van der Waals surface area contributed by atoms with Gasteiger partial charge in [-0.05, 0) is 20.3 Å². The Morgan fingerprint density at radius 2 is 2.24 bits per heavy atom. The van der Waals surface area contributed by atoms with Crippen LogP contribution in [0.2, 0.25) is 0 Å². The van der Waals surface area contributed by atoms with Gasteiger partial charge >= 0.3 is 0 Å². The van der Waals surface area contributed by atoms with Crippen molar-refractivity contribution in [2.75, 3.05) is 0 Å². The number of oxazole rings is 1. The Bertz CT molecular complexity index is 484. The van der Waals surface area contributed by atoms with Crippen molar-refractivity contribution in [3.05, 3.63) is 29.2 Å². The number of rotatable bonds is 4. The molecular formula is C11H16N4O2. The Hall–Kier alpha value is -1.69. The minimum atomic E-state index is -0.559. The van der Waals surface area contributed by atoms with Gasteiger partial charge in [0.25, 0.3) is 0 Å². The third-order valence-corrected chi connectivity index (χ3v) is 2.65. The molecule has 0 radical (unpaired) electrons. The van der Waals surface area contributed by atoms with Gasteiger partial charge in [0.2, 0.25) is 5.89 Å². The molecule has 0 spiro atoms. The molecule has 1 atom stereocenters. The lowest BCUT2D eigenvalue weighted by Gasteiger charge is -2.00. The Balaban J connectivity index is 2.11. The zero-order valence-electron chi connectivity index (χ0n) is 10.2. The van der Waals surface area contributed by atoms with Crippen molar-refractivity contribution >= 4 is 0 Å². The monoisotopic (exact) mass is 236 g/mol. The molecule has 2 aromatic rings. The van der Waals surface area contributed by atoms with Crippen LogP contribution in [0.3, 0.4) is 0 Å². The van der Waals surface area contributed by atoms with Gasteiger partial charge in [0, 0.05) is 0 Å². The third-order valence-electron chi connectivity index (χ3n) is 2.65. The van der Waals surface area contributed by atoms with Crippen molar-refractivity contribution in [1.82, 2.24) is 20.0 Å². The summed E-state index contributed by atoms with van der Waals surface area (Å²) in [4.78, 5) is 4.26. The number of nitrogens with zero attached hydrogens (tertiary/aromatic N) is 4. The van der Waals surface area contributed by atoms with Crippen LogP contribution in [0.25, 0.3) is 0 Å². The minimum absolute atomic E-state index is 0.429. The molecule has 1 unspecified atom stereocenters. The first kappa shape index (κ1) is 11.8. The summed E-state index contributed by atoms with van der Waals surface area (Å²) < 4.78 is 7.06. The van der Waals surface area contributed by atoms with E-state index in [1.54, 1.807) is 10.9 Å². The van der Waals surface area contributed by atoms with E-state index in [0.717, 1.165) is 11.5 Å². The smallest absolute Gasteiger partial charge is 0.216 e. The zero-order valence-corrected chi connectivity index (χ0v) is 10.2. The van der Waals surface area contributed by atoms with E-state index in [1.807, 2.05) is 20.8 Å². The summed E-state index contributed by atoms with van der Waals surface area (Å²) >= 11 is 0. The molecule has 0 aliphatic carbocycles.